The lowest BCUT2D eigenvalue weighted by molar-refractivity contribution is 0.169. The number of nitrogens with zero attached hydrogens (tertiary/aromatic N) is 1. The molecule has 2 rings (SSSR count). The van der Waals surface area contributed by atoms with Gasteiger partial charge in [0.25, 0.3) is 10.0 Å². The summed E-state index contributed by atoms with van der Waals surface area (Å²) >= 11 is 7.00. The van der Waals surface area contributed by atoms with Crippen molar-refractivity contribution in [3.63, 3.8) is 0 Å². The summed E-state index contributed by atoms with van der Waals surface area (Å²) in [6, 6.07) is 1.70. The van der Waals surface area contributed by atoms with Crippen LogP contribution in [0, 0.1) is 5.41 Å². The molecule has 1 aromatic rings. The van der Waals surface area contributed by atoms with Crippen molar-refractivity contribution in [1.82, 2.24) is 4.31 Å². The lowest BCUT2D eigenvalue weighted by atomic mass is 9.79. The van der Waals surface area contributed by atoms with Gasteiger partial charge in [-0.1, -0.05) is 20.3 Å². The maximum atomic E-state index is 12.5. The second-order valence-electron chi connectivity index (χ2n) is 5.48. The molecule has 19 heavy (non-hydrogen) atoms. The molecule has 0 atom stereocenters. The molecule has 1 aliphatic rings. The van der Waals surface area contributed by atoms with Gasteiger partial charge in [0.1, 0.15) is 4.21 Å². The standard InChI is InChI=1S/C13H20ClNO2S2/c1-3-13(2)4-6-15(7-5-13)19(16,17)12-8-11(9-14)10-18-12/h8,10H,3-7,9H2,1-2H3. The van der Waals surface area contributed by atoms with Crippen LogP contribution in [0.3, 0.4) is 0 Å². The number of halogens is 1. The SMILES string of the molecule is CCC1(C)CCN(S(=O)(=O)c2cc(CCl)cs2)CC1. The normalized spacial score (nSPS) is 20.6. The van der Waals surface area contributed by atoms with Crippen molar-refractivity contribution in [1.29, 1.82) is 0 Å². The van der Waals surface area contributed by atoms with E-state index < -0.39 is 10.0 Å². The van der Waals surface area contributed by atoms with Crippen LogP contribution >= 0.6 is 22.9 Å². The van der Waals surface area contributed by atoms with Crippen LogP contribution in [0.2, 0.25) is 0 Å². The van der Waals surface area contributed by atoms with Crippen LogP contribution in [0.1, 0.15) is 38.7 Å². The van der Waals surface area contributed by atoms with Crippen molar-refractivity contribution >= 4 is 33.0 Å². The van der Waals surface area contributed by atoms with E-state index in [1.165, 1.54) is 11.3 Å². The summed E-state index contributed by atoms with van der Waals surface area (Å²) < 4.78 is 27.1. The number of hydrogen-bond acceptors (Lipinski definition) is 3. The van der Waals surface area contributed by atoms with Crippen LogP contribution in [0.4, 0.5) is 0 Å². The van der Waals surface area contributed by atoms with Crippen LogP contribution in [0.25, 0.3) is 0 Å². The van der Waals surface area contributed by atoms with Gasteiger partial charge in [-0.3, -0.25) is 0 Å². The van der Waals surface area contributed by atoms with Crippen molar-refractivity contribution in [2.24, 2.45) is 5.41 Å². The zero-order valence-corrected chi connectivity index (χ0v) is 13.7. The highest BCUT2D eigenvalue weighted by Gasteiger charge is 2.34. The molecule has 1 aromatic heterocycles. The van der Waals surface area contributed by atoms with Crippen molar-refractivity contribution < 1.29 is 8.42 Å². The van der Waals surface area contributed by atoms with Gasteiger partial charge >= 0.3 is 0 Å². The van der Waals surface area contributed by atoms with E-state index in [9.17, 15) is 8.42 Å². The third kappa shape index (κ3) is 3.15. The predicted molar refractivity (Wildman–Crippen MR) is 80.3 cm³/mol. The van der Waals surface area contributed by atoms with E-state index in [0.717, 1.165) is 24.8 Å². The number of sulfonamides is 1. The van der Waals surface area contributed by atoms with Crippen molar-refractivity contribution in [3.8, 4) is 0 Å². The Morgan fingerprint density at radius 1 is 1.42 bits per heavy atom. The molecule has 0 spiro atoms. The number of hydrogen-bond donors (Lipinski definition) is 0. The highest BCUT2D eigenvalue weighted by atomic mass is 35.5. The highest BCUT2D eigenvalue weighted by Crippen LogP contribution is 2.36. The Morgan fingerprint density at radius 2 is 2.05 bits per heavy atom. The molecule has 2 heterocycles. The Labute approximate surface area is 124 Å². The maximum Gasteiger partial charge on any atom is 0.252 e. The first-order valence-electron chi connectivity index (χ1n) is 6.55. The fourth-order valence-corrected chi connectivity index (χ4v) is 5.35. The minimum atomic E-state index is -3.32. The molecule has 1 saturated heterocycles. The molecular weight excluding hydrogens is 302 g/mol. The minimum absolute atomic E-state index is 0.294. The Kier molecular flexibility index (Phi) is 4.60. The third-order valence-corrected chi connectivity index (χ3v) is 7.83. The maximum absolute atomic E-state index is 12.5. The zero-order chi connectivity index (χ0) is 14.1. The second-order valence-corrected chi connectivity index (χ2v) is 8.82. The largest absolute Gasteiger partial charge is 0.252 e. The van der Waals surface area contributed by atoms with Gasteiger partial charge in [0.2, 0.25) is 0 Å². The molecule has 1 aliphatic heterocycles. The molecule has 0 bridgehead atoms. The molecule has 0 N–H and O–H groups in total. The average Bonchev–Trinajstić information content (AvgIpc) is 2.89. The van der Waals surface area contributed by atoms with Gasteiger partial charge in [-0.15, -0.1) is 22.9 Å². The Balaban J connectivity index is 2.14. The van der Waals surface area contributed by atoms with Gasteiger partial charge in [0.15, 0.2) is 0 Å². The van der Waals surface area contributed by atoms with Gasteiger partial charge in [-0.25, -0.2) is 8.42 Å². The fraction of sp³-hybridized carbons (Fsp3) is 0.692. The molecule has 0 aromatic carbocycles. The van der Waals surface area contributed by atoms with Gasteiger partial charge in [-0.05, 0) is 35.3 Å². The van der Waals surface area contributed by atoms with Gasteiger partial charge in [0.05, 0.1) is 0 Å². The summed E-state index contributed by atoms with van der Waals surface area (Å²) in [5.74, 6) is 0.361. The first kappa shape index (κ1) is 15.3. The number of piperidine rings is 1. The highest BCUT2D eigenvalue weighted by molar-refractivity contribution is 7.91. The molecule has 3 nitrogen and oxygen atoms in total. The molecule has 6 heteroatoms. The summed E-state index contributed by atoms with van der Waals surface area (Å²) in [6.07, 6.45) is 2.99. The molecular formula is C13H20ClNO2S2. The Bertz CT molecular complexity index is 531. The summed E-state index contributed by atoms with van der Waals surface area (Å²) in [6.45, 7) is 5.67. The van der Waals surface area contributed by atoms with Crippen LogP contribution in [-0.2, 0) is 15.9 Å². The summed E-state index contributed by atoms with van der Waals surface area (Å²) in [5.41, 5.74) is 1.17. The molecule has 108 valence electrons. The number of thiophene rings is 1. The molecule has 0 amide bonds. The van der Waals surface area contributed by atoms with E-state index in [0.29, 0.717) is 28.6 Å². The Morgan fingerprint density at radius 3 is 2.53 bits per heavy atom. The van der Waals surface area contributed by atoms with E-state index in [-0.39, 0.29) is 0 Å². The molecule has 0 unspecified atom stereocenters. The summed E-state index contributed by atoms with van der Waals surface area (Å²) in [4.78, 5) is 0. The number of rotatable bonds is 4. The summed E-state index contributed by atoms with van der Waals surface area (Å²) in [5, 5.41) is 1.82. The third-order valence-electron chi connectivity index (χ3n) is 4.16. The molecule has 0 aliphatic carbocycles. The molecule has 1 fully saturated rings. The van der Waals surface area contributed by atoms with Gasteiger partial charge < -0.3 is 0 Å². The zero-order valence-electron chi connectivity index (χ0n) is 11.4. The van der Waals surface area contributed by atoms with Crippen LogP contribution in [0.5, 0.6) is 0 Å². The van der Waals surface area contributed by atoms with Crippen LogP contribution in [0.15, 0.2) is 15.7 Å². The first-order chi connectivity index (χ1) is 8.91. The monoisotopic (exact) mass is 321 g/mol. The molecule has 0 radical (unpaired) electrons. The minimum Gasteiger partial charge on any atom is -0.206 e. The van der Waals surface area contributed by atoms with E-state index in [1.54, 1.807) is 10.4 Å². The van der Waals surface area contributed by atoms with Crippen LogP contribution < -0.4 is 0 Å². The Hall–Kier alpha value is -0.100. The van der Waals surface area contributed by atoms with E-state index in [4.69, 9.17) is 11.6 Å². The summed E-state index contributed by atoms with van der Waals surface area (Å²) in [7, 11) is -3.32. The lowest BCUT2D eigenvalue weighted by Crippen LogP contribution is -2.41. The number of alkyl halides is 1. The molecule has 0 saturated carbocycles. The van der Waals surface area contributed by atoms with Crippen molar-refractivity contribution in [2.45, 2.75) is 43.2 Å². The van der Waals surface area contributed by atoms with E-state index >= 15 is 0 Å². The quantitative estimate of drug-likeness (QED) is 0.793. The van der Waals surface area contributed by atoms with Crippen LogP contribution in [-0.4, -0.2) is 25.8 Å². The predicted octanol–water partition coefficient (Wildman–Crippen LogP) is 3.69. The van der Waals surface area contributed by atoms with Gasteiger partial charge in [-0.2, -0.15) is 4.31 Å². The smallest absolute Gasteiger partial charge is 0.206 e. The van der Waals surface area contributed by atoms with Crippen molar-refractivity contribution in [3.05, 3.63) is 17.0 Å². The van der Waals surface area contributed by atoms with Gasteiger partial charge in [0, 0.05) is 19.0 Å². The lowest BCUT2D eigenvalue weighted by Gasteiger charge is -2.37. The topological polar surface area (TPSA) is 37.4 Å². The fourth-order valence-electron chi connectivity index (χ4n) is 2.31. The van der Waals surface area contributed by atoms with Crippen molar-refractivity contribution in [2.75, 3.05) is 13.1 Å². The first-order valence-corrected chi connectivity index (χ1v) is 9.40. The van der Waals surface area contributed by atoms with E-state index in [2.05, 4.69) is 13.8 Å². The average molecular weight is 322 g/mol. The van der Waals surface area contributed by atoms with E-state index in [1.807, 2.05) is 5.38 Å². The second kappa shape index (κ2) is 5.72.